The normalized spacial score (nSPS) is 12.0. The van der Waals surface area contributed by atoms with Crippen molar-refractivity contribution in [3.8, 4) is 0 Å². The molecule has 0 bridgehead atoms. The van der Waals surface area contributed by atoms with Gasteiger partial charge >= 0.3 is 6.18 Å². The molecular weight excluding hydrogens is 285 g/mol. The van der Waals surface area contributed by atoms with Crippen LogP contribution in [0.1, 0.15) is 25.2 Å². The lowest BCUT2D eigenvalue weighted by Crippen LogP contribution is -2.36. The summed E-state index contributed by atoms with van der Waals surface area (Å²) >= 11 is 0. The van der Waals surface area contributed by atoms with E-state index in [1.807, 2.05) is 13.8 Å². The summed E-state index contributed by atoms with van der Waals surface area (Å²) in [6.45, 7) is 8.29. The smallest absolute Gasteiger partial charge is 0.353 e. The highest BCUT2D eigenvalue weighted by Crippen LogP contribution is 2.28. The maximum absolute atomic E-state index is 12.5. The molecule has 0 saturated heterocycles. The molecule has 1 heterocycles. The molecule has 1 amide bonds. The molecule has 0 fully saturated rings. The highest BCUT2D eigenvalue weighted by molar-refractivity contribution is 5.75. The highest BCUT2D eigenvalue weighted by atomic mass is 19.4. The maximum Gasteiger partial charge on any atom is 0.435 e. The van der Waals surface area contributed by atoms with Gasteiger partial charge in [-0.25, -0.2) is 0 Å². The van der Waals surface area contributed by atoms with Crippen molar-refractivity contribution in [3.05, 3.63) is 17.5 Å². The van der Waals surface area contributed by atoms with Gasteiger partial charge in [0, 0.05) is 18.8 Å². The number of hydrogen-bond donors (Lipinski definition) is 1. The molecule has 0 saturated carbocycles. The first-order valence-electron chi connectivity index (χ1n) is 6.88. The Morgan fingerprint density at radius 1 is 1.38 bits per heavy atom. The standard InChI is InChI=1S/C13H21F3N4O/c1-4-19(5-2)7-6-17-12(21)9-20-10(3)8-11(18-20)13(14,15)16/h8H,4-7,9H2,1-3H3,(H,17,21). The van der Waals surface area contributed by atoms with Gasteiger partial charge in [-0.05, 0) is 26.1 Å². The Morgan fingerprint density at radius 2 is 2.00 bits per heavy atom. The van der Waals surface area contributed by atoms with E-state index < -0.39 is 11.9 Å². The SMILES string of the molecule is CCN(CC)CCNC(=O)Cn1nc(C(F)(F)F)cc1C. The molecule has 120 valence electrons. The number of carbonyl (C=O) groups excluding carboxylic acids is 1. The summed E-state index contributed by atoms with van der Waals surface area (Å²) in [6.07, 6.45) is -4.49. The zero-order valence-corrected chi connectivity index (χ0v) is 12.5. The number of rotatable bonds is 7. The van der Waals surface area contributed by atoms with E-state index in [1.54, 1.807) is 0 Å². The van der Waals surface area contributed by atoms with Crippen LogP contribution in [-0.4, -0.2) is 46.8 Å². The number of carbonyl (C=O) groups is 1. The molecular formula is C13H21F3N4O. The van der Waals surface area contributed by atoms with E-state index >= 15 is 0 Å². The molecule has 0 spiro atoms. The fourth-order valence-corrected chi connectivity index (χ4v) is 1.89. The van der Waals surface area contributed by atoms with Crippen molar-refractivity contribution in [3.63, 3.8) is 0 Å². The molecule has 0 aliphatic heterocycles. The first-order valence-corrected chi connectivity index (χ1v) is 6.88. The number of likely N-dealkylation sites (N-methyl/N-ethyl adjacent to an activating group) is 1. The molecule has 0 unspecified atom stereocenters. The van der Waals surface area contributed by atoms with Gasteiger partial charge in [0.25, 0.3) is 0 Å². The van der Waals surface area contributed by atoms with Crippen molar-refractivity contribution in [2.45, 2.75) is 33.5 Å². The molecule has 1 aromatic rings. The number of nitrogens with zero attached hydrogens (tertiary/aromatic N) is 3. The summed E-state index contributed by atoms with van der Waals surface area (Å²) in [5.74, 6) is -0.345. The van der Waals surface area contributed by atoms with Crippen LogP contribution in [0.15, 0.2) is 6.07 Å². The van der Waals surface area contributed by atoms with Crippen LogP contribution in [0.25, 0.3) is 0 Å². The lowest BCUT2D eigenvalue weighted by molar-refractivity contribution is -0.141. The van der Waals surface area contributed by atoms with Crippen molar-refractivity contribution in [2.75, 3.05) is 26.2 Å². The van der Waals surface area contributed by atoms with Crippen LogP contribution in [0, 0.1) is 6.92 Å². The second-order valence-electron chi connectivity index (χ2n) is 4.70. The second-order valence-corrected chi connectivity index (χ2v) is 4.70. The number of nitrogens with one attached hydrogen (secondary N) is 1. The fourth-order valence-electron chi connectivity index (χ4n) is 1.89. The van der Waals surface area contributed by atoms with Crippen LogP contribution in [-0.2, 0) is 17.5 Å². The molecule has 21 heavy (non-hydrogen) atoms. The van der Waals surface area contributed by atoms with Crippen molar-refractivity contribution in [1.29, 1.82) is 0 Å². The Morgan fingerprint density at radius 3 is 2.48 bits per heavy atom. The third kappa shape index (κ3) is 5.37. The quantitative estimate of drug-likeness (QED) is 0.833. The minimum Gasteiger partial charge on any atom is -0.353 e. The minimum atomic E-state index is -4.49. The van der Waals surface area contributed by atoms with Gasteiger partial charge in [-0.2, -0.15) is 18.3 Å². The highest BCUT2D eigenvalue weighted by Gasteiger charge is 2.34. The van der Waals surface area contributed by atoms with E-state index in [4.69, 9.17) is 0 Å². The Labute approximate surface area is 122 Å². The maximum atomic E-state index is 12.5. The summed E-state index contributed by atoms with van der Waals surface area (Å²) in [5.41, 5.74) is -0.669. The van der Waals surface area contributed by atoms with Crippen LogP contribution in [0.3, 0.4) is 0 Å². The van der Waals surface area contributed by atoms with E-state index in [1.165, 1.54) is 6.92 Å². The van der Waals surface area contributed by atoms with Crippen LogP contribution in [0.5, 0.6) is 0 Å². The molecule has 0 aromatic carbocycles. The Hall–Kier alpha value is -1.57. The fraction of sp³-hybridized carbons (Fsp3) is 0.692. The number of aryl methyl sites for hydroxylation is 1. The number of alkyl halides is 3. The molecule has 1 N–H and O–H groups in total. The largest absolute Gasteiger partial charge is 0.435 e. The first-order chi connectivity index (χ1) is 9.77. The summed E-state index contributed by atoms with van der Waals surface area (Å²) < 4.78 is 38.6. The van der Waals surface area contributed by atoms with Gasteiger partial charge in [0.1, 0.15) is 6.54 Å². The minimum absolute atomic E-state index is 0.208. The molecule has 1 aromatic heterocycles. The summed E-state index contributed by atoms with van der Waals surface area (Å²) in [7, 11) is 0. The Bertz CT molecular complexity index is 466. The monoisotopic (exact) mass is 306 g/mol. The Balaban J connectivity index is 2.50. The predicted octanol–water partition coefficient (Wildman–Crippen LogP) is 1.67. The van der Waals surface area contributed by atoms with E-state index in [9.17, 15) is 18.0 Å². The predicted molar refractivity (Wildman–Crippen MR) is 72.8 cm³/mol. The molecule has 0 aliphatic carbocycles. The van der Waals surface area contributed by atoms with E-state index in [-0.39, 0.29) is 12.5 Å². The second kappa shape index (κ2) is 7.44. The number of halogens is 3. The summed E-state index contributed by atoms with van der Waals surface area (Å²) in [5, 5.41) is 6.10. The van der Waals surface area contributed by atoms with E-state index in [2.05, 4.69) is 15.3 Å². The van der Waals surface area contributed by atoms with Crippen molar-refractivity contribution in [1.82, 2.24) is 20.0 Å². The Kier molecular flexibility index (Phi) is 6.19. The summed E-state index contributed by atoms with van der Waals surface area (Å²) in [6, 6.07) is 0.934. The average Bonchev–Trinajstić information content (AvgIpc) is 2.76. The third-order valence-electron chi connectivity index (χ3n) is 3.21. The molecule has 0 aliphatic rings. The van der Waals surface area contributed by atoms with Gasteiger partial charge in [-0.1, -0.05) is 13.8 Å². The lowest BCUT2D eigenvalue weighted by Gasteiger charge is -2.18. The average molecular weight is 306 g/mol. The van der Waals surface area contributed by atoms with Gasteiger partial charge in [-0.3, -0.25) is 9.48 Å². The van der Waals surface area contributed by atoms with Crippen LogP contribution < -0.4 is 5.32 Å². The molecule has 5 nitrogen and oxygen atoms in total. The van der Waals surface area contributed by atoms with Gasteiger partial charge in [0.15, 0.2) is 5.69 Å². The van der Waals surface area contributed by atoms with E-state index in [0.29, 0.717) is 18.8 Å². The van der Waals surface area contributed by atoms with Gasteiger partial charge < -0.3 is 10.2 Å². The van der Waals surface area contributed by atoms with Crippen LogP contribution >= 0.6 is 0 Å². The van der Waals surface area contributed by atoms with Crippen LogP contribution in [0.2, 0.25) is 0 Å². The molecule has 8 heteroatoms. The lowest BCUT2D eigenvalue weighted by atomic mass is 10.3. The number of hydrogen-bond acceptors (Lipinski definition) is 3. The molecule has 0 radical (unpaired) electrons. The van der Waals surface area contributed by atoms with Gasteiger partial charge in [-0.15, -0.1) is 0 Å². The van der Waals surface area contributed by atoms with Gasteiger partial charge in [0.05, 0.1) is 0 Å². The zero-order chi connectivity index (χ0) is 16.0. The van der Waals surface area contributed by atoms with Crippen molar-refractivity contribution < 1.29 is 18.0 Å². The molecule has 0 atom stereocenters. The van der Waals surface area contributed by atoms with E-state index in [0.717, 1.165) is 23.8 Å². The zero-order valence-electron chi connectivity index (χ0n) is 12.5. The topological polar surface area (TPSA) is 50.2 Å². The molecule has 1 rings (SSSR count). The third-order valence-corrected chi connectivity index (χ3v) is 3.21. The number of aromatic nitrogens is 2. The van der Waals surface area contributed by atoms with Crippen LogP contribution in [0.4, 0.5) is 13.2 Å². The summed E-state index contributed by atoms with van der Waals surface area (Å²) in [4.78, 5) is 13.9. The first kappa shape index (κ1) is 17.5. The van der Waals surface area contributed by atoms with Gasteiger partial charge in [0.2, 0.25) is 5.91 Å². The van der Waals surface area contributed by atoms with Crippen molar-refractivity contribution in [2.24, 2.45) is 0 Å². The number of amides is 1. The van der Waals surface area contributed by atoms with Crippen molar-refractivity contribution >= 4 is 5.91 Å².